The quantitative estimate of drug-likeness (QED) is 0.175. The van der Waals surface area contributed by atoms with E-state index in [1.165, 1.54) is 134 Å². The third kappa shape index (κ3) is 4.09. The summed E-state index contributed by atoms with van der Waals surface area (Å²) >= 11 is 0. The molecular weight excluding hydrogens is 687 g/mol. The van der Waals surface area contributed by atoms with Gasteiger partial charge in [-0.1, -0.05) is 158 Å². The Morgan fingerprint density at radius 2 is 1.00 bits per heavy atom. The Kier molecular flexibility index (Phi) is 6.32. The van der Waals surface area contributed by atoms with Crippen LogP contribution in [0.15, 0.2) is 176 Å². The van der Waals surface area contributed by atoms with Gasteiger partial charge in [-0.05, 0) is 148 Å². The second kappa shape index (κ2) is 11.4. The molecule has 2 unspecified atom stereocenters. The maximum absolute atomic E-state index is 2.65. The van der Waals surface area contributed by atoms with Gasteiger partial charge < -0.3 is 4.90 Å². The molecule has 1 heterocycles. The Morgan fingerprint density at radius 3 is 1.63 bits per heavy atom. The smallest absolute Gasteiger partial charge is 0.0492 e. The fourth-order valence-electron chi connectivity index (χ4n) is 11.8. The Labute approximate surface area is 332 Å². The van der Waals surface area contributed by atoms with Gasteiger partial charge in [0.25, 0.3) is 0 Å². The van der Waals surface area contributed by atoms with Crippen LogP contribution in [-0.2, 0) is 0 Å². The van der Waals surface area contributed by atoms with Gasteiger partial charge in [0.15, 0.2) is 0 Å². The standard InChI is InChI=1S/C56H39N/c1-56-32-14-27-46(56)45-33-37(28-31-47(45)57(56)38-21-9-4-10-22-38)39-29-30-44-51-40(39)23-13-26-43(51)54-49(35-15-5-2-6-16-35)52-41-24-11-19-34-20-12-25-42(48(34)41)53(52)50(55(44)54)36-17-7-3-8-18-36/h2-13,15-26,28-31,33,46H,14,27,32H2,1H3. The first kappa shape index (κ1) is 31.5. The Morgan fingerprint density at radius 1 is 0.456 bits per heavy atom. The Balaban J connectivity index is 1.16. The molecule has 2 atom stereocenters. The highest BCUT2D eigenvalue weighted by atomic mass is 15.2. The van der Waals surface area contributed by atoms with Gasteiger partial charge in [0.05, 0.1) is 0 Å². The minimum absolute atomic E-state index is 0.0942. The van der Waals surface area contributed by atoms with Crippen LogP contribution in [0.1, 0.15) is 37.7 Å². The van der Waals surface area contributed by atoms with Gasteiger partial charge in [-0.2, -0.15) is 0 Å². The lowest BCUT2D eigenvalue weighted by atomic mass is 9.85. The zero-order valence-corrected chi connectivity index (χ0v) is 31.9. The molecule has 57 heavy (non-hydrogen) atoms. The topological polar surface area (TPSA) is 3.24 Å². The van der Waals surface area contributed by atoms with Crippen LogP contribution in [0.2, 0.25) is 0 Å². The maximum Gasteiger partial charge on any atom is 0.0492 e. The van der Waals surface area contributed by atoms with E-state index in [1.54, 1.807) is 0 Å². The van der Waals surface area contributed by atoms with Crippen LogP contribution in [0.4, 0.5) is 11.4 Å². The Bertz CT molecular complexity index is 3260. The van der Waals surface area contributed by atoms with E-state index in [0.717, 1.165) is 0 Å². The monoisotopic (exact) mass is 725 g/mol. The van der Waals surface area contributed by atoms with Crippen LogP contribution in [0.5, 0.6) is 0 Å². The van der Waals surface area contributed by atoms with Crippen LogP contribution < -0.4 is 4.90 Å². The molecule has 0 N–H and O–H groups in total. The molecule has 0 bridgehead atoms. The summed E-state index contributed by atoms with van der Waals surface area (Å²) in [5.41, 5.74) is 12.1. The average molecular weight is 726 g/mol. The summed E-state index contributed by atoms with van der Waals surface area (Å²) in [4.78, 5) is 2.65. The summed E-state index contributed by atoms with van der Waals surface area (Å²) < 4.78 is 0. The molecule has 1 aliphatic heterocycles. The normalized spacial score (nSPS) is 17.9. The minimum Gasteiger partial charge on any atom is -0.335 e. The van der Waals surface area contributed by atoms with Gasteiger partial charge in [0.2, 0.25) is 0 Å². The van der Waals surface area contributed by atoms with E-state index >= 15 is 0 Å². The third-order valence-corrected chi connectivity index (χ3v) is 14.1. The SMILES string of the molecule is CC12CCCC1c1cc(-c3ccc4c5c(-c6ccccc6)c6c7cccc8cccc(c6c(-c6ccccc6)c5c5cccc3c54)c87)ccc1N2c1ccccc1. The molecule has 268 valence electrons. The summed E-state index contributed by atoms with van der Waals surface area (Å²) in [6.07, 6.45) is 3.72. The molecule has 0 spiro atoms. The van der Waals surface area contributed by atoms with Crippen molar-refractivity contribution in [2.75, 3.05) is 4.90 Å². The first-order chi connectivity index (χ1) is 28.2. The van der Waals surface area contributed by atoms with Crippen LogP contribution in [0.25, 0.3) is 98.0 Å². The Hall–Kier alpha value is -6.70. The fourth-order valence-corrected chi connectivity index (χ4v) is 11.8. The molecule has 1 saturated carbocycles. The summed E-state index contributed by atoms with van der Waals surface area (Å²) in [5, 5.41) is 16.1. The number of para-hydroxylation sites is 1. The van der Waals surface area contributed by atoms with E-state index in [1.807, 2.05) is 0 Å². The van der Waals surface area contributed by atoms with Crippen molar-refractivity contribution < 1.29 is 0 Å². The molecule has 13 rings (SSSR count). The van der Waals surface area contributed by atoms with Gasteiger partial charge in [-0.3, -0.25) is 0 Å². The fraction of sp³-hybridized carbons (Fsp3) is 0.107. The maximum atomic E-state index is 2.65. The van der Waals surface area contributed by atoms with Gasteiger partial charge in [0.1, 0.15) is 0 Å². The highest BCUT2D eigenvalue weighted by Gasteiger charge is 2.51. The van der Waals surface area contributed by atoms with Crippen LogP contribution in [0, 0.1) is 0 Å². The van der Waals surface area contributed by atoms with Crippen molar-refractivity contribution in [3.63, 3.8) is 0 Å². The van der Waals surface area contributed by atoms with E-state index in [9.17, 15) is 0 Å². The molecule has 0 amide bonds. The summed E-state index contributed by atoms with van der Waals surface area (Å²) in [6, 6.07) is 66.5. The largest absolute Gasteiger partial charge is 0.335 e. The molecule has 1 fully saturated rings. The van der Waals surface area contributed by atoms with Crippen molar-refractivity contribution >= 4 is 76.0 Å². The van der Waals surface area contributed by atoms with Crippen molar-refractivity contribution in [3.05, 3.63) is 181 Å². The zero-order chi connectivity index (χ0) is 37.4. The molecule has 0 radical (unpaired) electrons. The van der Waals surface area contributed by atoms with Crippen LogP contribution in [0.3, 0.4) is 0 Å². The van der Waals surface area contributed by atoms with E-state index in [4.69, 9.17) is 0 Å². The number of rotatable bonds is 4. The van der Waals surface area contributed by atoms with Crippen molar-refractivity contribution in [2.45, 2.75) is 37.6 Å². The molecule has 11 aromatic rings. The summed E-state index contributed by atoms with van der Waals surface area (Å²) in [6.45, 7) is 2.50. The lowest BCUT2D eigenvalue weighted by Crippen LogP contribution is -2.40. The highest BCUT2D eigenvalue weighted by Crippen LogP contribution is 2.60. The molecule has 0 aromatic heterocycles. The van der Waals surface area contributed by atoms with E-state index in [0.29, 0.717) is 5.92 Å². The first-order valence-electron chi connectivity index (χ1n) is 20.6. The lowest BCUT2D eigenvalue weighted by molar-refractivity contribution is 0.451. The predicted octanol–water partition coefficient (Wildman–Crippen LogP) is 15.7. The van der Waals surface area contributed by atoms with E-state index < -0.39 is 0 Å². The van der Waals surface area contributed by atoms with Crippen LogP contribution in [-0.4, -0.2) is 5.54 Å². The number of benzene rings is 9. The van der Waals surface area contributed by atoms with Crippen molar-refractivity contribution in [3.8, 4) is 33.4 Å². The molecule has 1 aliphatic carbocycles. The average Bonchev–Trinajstić information content (AvgIpc) is 3.98. The highest BCUT2D eigenvalue weighted by molar-refractivity contribution is 6.46. The van der Waals surface area contributed by atoms with Gasteiger partial charge in [-0.15, -0.1) is 0 Å². The van der Waals surface area contributed by atoms with Crippen molar-refractivity contribution in [2.24, 2.45) is 0 Å². The van der Waals surface area contributed by atoms with Gasteiger partial charge in [0, 0.05) is 22.8 Å². The van der Waals surface area contributed by atoms with Crippen molar-refractivity contribution in [1.29, 1.82) is 0 Å². The predicted molar refractivity (Wildman–Crippen MR) is 244 cm³/mol. The third-order valence-electron chi connectivity index (χ3n) is 14.1. The van der Waals surface area contributed by atoms with Crippen molar-refractivity contribution in [1.82, 2.24) is 0 Å². The molecular formula is C56H39N. The molecule has 2 aliphatic rings. The minimum atomic E-state index is 0.0942. The second-order valence-electron chi connectivity index (χ2n) is 16.8. The molecule has 1 nitrogen and oxygen atoms in total. The van der Waals surface area contributed by atoms with E-state index in [-0.39, 0.29) is 5.54 Å². The zero-order valence-electron chi connectivity index (χ0n) is 31.9. The van der Waals surface area contributed by atoms with Gasteiger partial charge in [-0.25, -0.2) is 0 Å². The first-order valence-corrected chi connectivity index (χ1v) is 20.6. The lowest BCUT2D eigenvalue weighted by Gasteiger charge is -2.37. The summed E-state index contributed by atoms with van der Waals surface area (Å²) in [5.74, 6) is 0.519. The van der Waals surface area contributed by atoms with E-state index in [2.05, 4.69) is 188 Å². The number of anilines is 2. The molecule has 11 aromatic carbocycles. The number of fused-ring (bicyclic) bond motifs is 9. The van der Waals surface area contributed by atoms with Crippen LogP contribution >= 0.6 is 0 Å². The van der Waals surface area contributed by atoms with Gasteiger partial charge >= 0.3 is 0 Å². The molecule has 1 heteroatoms. The second-order valence-corrected chi connectivity index (χ2v) is 16.8. The number of hydrogen-bond acceptors (Lipinski definition) is 1. The summed E-state index contributed by atoms with van der Waals surface area (Å²) in [7, 11) is 0. The number of nitrogens with zero attached hydrogens (tertiary/aromatic N) is 1. The molecule has 0 saturated heterocycles. The number of hydrogen-bond donors (Lipinski definition) is 0.